The molecular weight excluding hydrogens is 299 g/mol. The number of rotatable bonds is 4. The second-order valence-electron chi connectivity index (χ2n) is 6.31. The molecule has 8 heteroatoms. The van der Waals surface area contributed by atoms with Gasteiger partial charge in [-0.15, -0.1) is 0 Å². The van der Waals surface area contributed by atoms with Gasteiger partial charge < -0.3 is 16.4 Å². The molecular formula is C14H22F3N3O2. The number of hydrogen-bond donors (Lipinski definition) is 3. The summed E-state index contributed by atoms with van der Waals surface area (Å²) in [7, 11) is 0. The second kappa shape index (κ2) is 6.85. The van der Waals surface area contributed by atoms with E-state index in [1.54, 1.807) is 5.32 Å². The van der Waals surface area contributed by atoms with Crippen LogP contribution in [0.2, 0.25) is 0 Å². The van der Waals surface area contributed by atoms with Crippen LogP contribution in [0.5, 0.6) is 0 Å². The van der Waals surface area contributed by atoms with Gasteiger partial charge in [0, 0.05) is 12.0 Å². The van der Waals surface area contributed by atoms with Crippen molar-refractivity contribution in [3.63, 3.8) is 0 Å². The van der Waals surface area contributed by atoms with E-state index in [9.17, 15) is 22.8 Å². The summed E-state index contributed by atoms with van der Waals surface area (Å²) in [4.78, 5) is 23.4. The van der Waals surface area contributed by atoms with Crippen LogP contribution < -0.4 is 16.4 Å². The van der Waals surface area contributed by atoms with Crippen molar-refractivity contribution in [1.29, 1.82) is 0 Å². The molecule has 0 heterocycles. The molecule has 2 aliphatic carbocycles. The summed E-state index contributed by atoms with van der Waals surface area (Å²) in [5.41, 5.74) is 6.15. The van der Waals surface area contributed by atoms with Gasteiger partial charge in [-0.2, -0.15) is 13.2 Å². The molecule has 2 rings (SSSR count). The molecule has 2 unspecified atom stereocenters. The summed E-state index contributed by atoms with van der Waals surface area (Å²) in [6.07, 6.45) is 0.135. The lowest BCUT2D eigenvalue weighted by atomic mass is 9.65. The van der Waals surface area contributed by atoms with E-state index in [-0.39, 0.29) is 17.9 Å². The van der Waals surface area contributed by atoms with E-state index >= 15 is 0 Å². The lowest BCUT2D eigenvalue weighted by Crippen LogP contribution is -2.50. The minimum absolute atomic E-state index is 0.146. The Labute approximate surface area is 127 Å². The van der Waals surface area contributed by atoms with Crippen LogP contribution in [-0.4, -0.2) is 37.1 Å². The summed E-state index contributed by atoms with van der Waals surface area (Å²) in [5, 5.41) is 4.16. The predicted octanol–water partition coefficient (Wildman–Crippen LogP) is 0.935. The summed E-state index contributed by atoms with van der Waals surface area (Å²) < 4.78 is 35.9. The molecule has 2 fully saturated rings. The zero-order valence-corrected chi connectivity index (χ0v) is 12.3. The maximum absolute atomic E-state index is 12.1. The number of fused-ring (bicyclic) bond motifs is 2. The van der Waals surface area contributed by atoms with Gasteiger partial charge in [0.05, 0.1) is 6.54 Å². The normalized spacial score (nSPS) is 31.5. The molecule has 2 aliphatic rings. The Kier molecular flexibility index (Phi) is 5.31. The van der Waals surface area contributed by atoms with E-state index in [1.807, 2.05) is 0 Å². The van der Waals surface area contributed by atoms with Crippen LogP contribution >= 0.6 is 0 Å². The SMILES string of the molecule is NC1C2CCCC1CC(C(=O)NCC(=O)NCC(F)(F)F)C2. The van der Waals surface area contributed by atoms with Crippen molar-refractivity contribution >= 4 is 11.8 Å². The van der Waals surface area contributed by atoms with Crippen molar-refractivity contribution in [2.45, 2.75) is 44.3 Å². The molecule has 2 amide bonds. The molecule has 2 atom stereocenters. The fourth-order valence-electron chi connectivity index (χ4n) is 3.58. The first-order valence-corrected chi connectivity index (χ1v) is 7.63. The van der Waals surface area contributed by atoms with Gasteiger partial charge in [-0.25, -0.2) is 0 Å². The van der Waals surface area contributed by atoms with Crippen molar-refractivity contribution < 1.29 is 22.8 Å². The van der Waals surface area contributed by atoms with Crippen molar-refractivity contribution in [1.82, 2.24) is 10.6 Å². The van der Waals surface area contributed by atoms with Crippen molar-refractivity contribution in [3.8, 4) is 0 Å². The van der Waals surface area contributed by atoms with Crippen molar-refractivity contribution in [2.75, 3.05) is 13.1 Å². The fraction of sp³-hybridized carbons (Fsp3) is 0.857. The average molecular weight is 321 g/mol. The monoisotopic (exact) mass is 321 g/mol. The first-order valence-electron chi connectivity index (χ1n) is 7.63. The second-order valence-corrected chi connectivity index (χ2v) is 6.31. The van der Waals surface area contributed by atoms with Crippen molar-refractivity contribution in [3.05, 3.63) is 0 Å². The molecule has 0 spiro atoms. The molecule has 0 aliphatic heterocycles. The Morgan fingerprint density at radius 3 is 2.23 bits per heavy atom. The van der Waals surface area contributed by atoms with Crippen LogP contribution in [0.15, 0.2) is 0 Å². The maximum atomic E-state index is 12.1. The third kappa shape index (κ3) is 4.59. The van der Waals surface area contributed by atoms with Crippen molar-refractivity contribution in [2.24, 2.45) is 23.5 Å². The van der Waals surface area contributed by atoms with Gasteiger partial charge in [-0.3, -0.25) is 9.59 Å². The molecule has 0 radical (unpaired) electrons. The van der Waals surface area contributed by atoms with Crippen LogP contribution in [0.25, 0.3) is 0 Å². The molecule has 0 saturated heterocycles. The molecule has 0 aromatic heterocycles. The predicted molar refractivity (Wildman–Crippen MR) is 73.6 cm³/mol. The zero-order valence-electron chi connectivity index (χ0n) is 12.3. The van der Waals surface area contributed by atoms with E-state index in [1.165, 1.54) is 0 Å². The van der Waals surface area contributed by atoms with Gasteiger partial charge in [-0.05, 0) is 37.5 Å². The highest BCUT2D eigenvalue weighted by molar-refractivity contribution is 5.85. The highest BCUT2D eigenvalue weighted by Crippen LogP contribution is 2.41. The number of nitrogens with one attached hydrogen (secondary N) is 2. The summed E-state index contributed by atoms with van der Waals surface area (Å²) in [6, 6.07) is 0.146. The first kappa shape index (κ1) is 17.1. The van der Waals surface area contributed by atoms with Gasteiger partial charge in [0.25, 0.3) is 0 Å². The molecule has 22 heavy (non-hydrogen) atoms. The molecule has 5 nitrogen and oxygen atoms in total. The quantitative estimate of drug-likeness (QED) is 0.720. The molecule has 2 bridgehead atoms. The maximum Gasteiger partial charge on any atom is 0.405 e. The Morgan fingerprint density at radius 1 is 1.09 bits per heavy atom. The highest BCUT2D eigenvalue weighted by Gasteiger charge is 2.40. The van der Waals surface area contributed by atoms with Gasteiger partial charge in [0.15, 0.2) is 0 Å². The lowest BCUT2D eigenvalue weighted by molar-refractivity contribution is -0.139. The van der Waals surface area contributed by atoms with E-state index in [0.717, 1.165) is 19.3 Å². The number of carbonyl (C=O) groups is 2. The van der Waals surface area contributed by atoms with Crippen LogP contribution in [0, 0.1) is 17.8 Å². The van der Waals surface area contributed by atoms with E-state index in [4.69, 9.17) is 5.73 Å². The van der Waals surface area contributed by atoms with Crippen LogP contribution in [0.1, 0.15) is 32.1 Å². The van der Waals surface area contributed by atoms with E-state index < -0.39 is 25.2 Å². The first-order chi connectivity index (χ1) is 10.3. The Morgan fingerprint density at radius 2 is 1.68 bits per heavy atom. The van der Waals surface area contributed by atoms with Crippen LogP contribution in [0.3, 0.4) is 0 Å². The highest BCUT2D eigenvalue weighted by atomic mass is 19.4. The summed E-state index contributed by atoms with van der Waals surface area (Å²) >= 11 is 0. The Hall–Kier alpha value is -1.31. The molecule has 2 saturated carbocycles. The number of carbonyl (C=O) groups excluding carboxylic acids is 2. The zero-order chi connectivity index (χ0) is 16.3. The Balaban J connectivity index is 1.75. The van der Waals surface area contributed by atoms with Gasteiger partial charge in [0.2, 0.25) is 11.8 Å². The third-order valence-corrected chi connectivity index (χ3v) is 4.69. The van der Waals surface area contributed by atoms with Gasteiger partial charge in [0.1, 0.15) is 6.54 Å². The summed E-state index contributed by atoms with van der Waals surface area (Å²) in [6.45, 7) is -1.81. The van der Waals surface area contributed by atoms with Gasteiger partial charge >= 0.3 is 6.18 Å². The largest absolute Gasteiger partial charge is 0.405 e. The van der Waals surface area contributed by atoms with E-state index in [0.29, 0.717) is 24.7 Å². The number of alkyl halides is 3. The number of nitrogens with two attached hydrogens (primary N) is 1. The standard InChI is InChI=1S/C14H22F3N3O2/c15-14(16,17)7-20-11(21)6-19-13(22)10-4-8-2-1-3-9(5-10)12(8)18/h8-10,12H,1-7,18H2,(H,19,22)(H,20,21). The number of amides is 2. The minimum atomic E-state index is -4.45. The topological polar surface area (TPSA) is 84.2 Å². The molecule has 126 valence electrons. The van der Waals surface area contributed by atoms with E-state index in [2.05, 4.69) is 5.32 Å². The number of halogens is 3. The minimum Gasteiger partial charge on any atom is -0.347 e. The van der Waals surface area contributed by atoms with Crippen LogP contribution in [-0.2, 0) is 9.59 Å². The molecule has 0 aromatic carbocycles. The lowest BCUT2D eigenvalue weighted by Gasteiger charge is -2.43. The van der Waals surface area contributed by atoms with Crippen LogP contribution in [0.4, 0.5) is 13.2 Å². The molecule has 0 aromatic rings. The fourth-order valence-corrected chi connectivity index (χ4v) is 3.58. The smallest absolute Gasteiger partial charge is 0.347 e. The Bertz CT molecular complexity index is 414. The van der Waals surface area contributed by atoms with Gasteiger partial charge in [-0.1, -0.05) is 6.42 Å². The summed E-state index contributed by atoms with van der Waals surface area (Å²) in [5.74, 6) is -0.612. The average Bonchev–Trinajstić information content (AvgIpc) is 2.41. The molecule has 4 N–H and O–H groups in total. The third-order valence-electron chi connectivity index (χ3n) is 4.69. The number of hydrogen-bond acceptors (Lipinski definition) is 3.